The molecule has 0 aliphatic carbocycles. The second-order valence-electron chi connectivity index (χ2n) is 13.0. The van der Waals surface area contributed by atoms with Gasteiger partial charge in [-0.3, -0.25) is 4.79 Å². The van der Waals surface area contributed by atoms with E-state index in [1.807, 2.05) is 75.4 Å². The Hall–Kier alpha value is -4.20. The molecular weight excluding hydrogens is 576 g/mol. The summed E-state index contributed by atoms with van der Waals surface area (Å²) >= 11 is 0. The predicted molar refractivity (Wildman–Crippen MR) is 185 cm³/mol. The van der Waals surface area contributed by atoms with Gasteiger partial charge in [0, 0.05) is 30.2 Å². The Kier molecular flexibility index (Phi) is 13.2. The molecule has 0 fully saturated rings. The van der Waals surface area contributed by atoms with Crippen LogP contribution >= 0.6 is 0 Å². The Morgan fingerprint density at radius 2 is 1.50 bits per heavy atom. The number of H-pyrrole nitrogens is 1. The van der Waals surface area contributed by atoms with E-state index in [4.69, 9.17) is 9.57 Å². The summed E-state index contributed by atoms with van der Waals surface area (Å²) in [5, 5.41) is 7.13. The number of unbranched alkanes of at least 4 members (excludes halogenated alkanes) is 9. The van der Waals surface area contributed by atoms with E-state index in [1.165, 1.54) is 57.8 Å². The lowest BCUT2D eigenvalue weighted by atomic mass is 10.00. The summed E-state index contributed by atoms with van der Waals surface area (Å²) in [6, 6.07) is 15.9. The molecule has 0 radical (unpaired) electrons. The molecule has 3 aromatic rings. The first-order valence-corrected chi connectivity index (χ1v) is 16.9. The summed E-state index contributed by atoms with van der Waals surface area (Å²) in [6.45, 7) is 8.46. The Morgan fingerprint density at radius 3 is 2.15 bits per heavy atom. The molecule has 1 aliphatic heterocycles. The molecular formula is C38H50N4O4. The fourth-order valence-corrected chi connectivity index (χ4v) is 5.41. The molecule has 2 heterocycles. The Morgan fingerprint density at radius 1 is 0.891 bits per heavy atom. The smallest absolute Gasteiger partial charge is 0.351 e. The third-order valence-corrected chi connectivity index (χ3v) is 7.93. The number of hydrogen-bond acceptors (Lipinski definition) is 6. The standard InChI is InChI=1S/C38H50N4O4/c1-5-6-7-8-9-10-11-12-13-14-25-39-34(43)24-17-28-15-18-30(19-16-28)35-36(41-27-40-35)31-22-20-29(21-23-31)32-26-33(46-42-32)37(44)45-38(2,3)4/h15-24,27,33H,5-14,25-26H2,1-4H3,(H,39,43)(H,40,41). The molecule has 2 aromatic carbocycles. The molecule has 1 atom stereocenters. The molecule has 0 saturated carbocycles. The highest BCUT2D eigenvalue weighted by atomic mass is 16.7. The number of carbonyl (C=O) groups is 2. The van der Waals surface area contributed by atoms with E-state index in [2.05, 4.69) is 27.4 Å². The van der Waals surface area contributed by atoms with Gasteiger partial charge in [0.25, 0.3) is 0 Å². The van der Waals surface area contributed by atoms with Crippen molar-refractivity contribution in [2.24, 2.45) is 5.16 Å². The lowest BCUT2D eigenvalue weighted by Gasteiger charge is -2.20. The fraction of sp³-hybridized carbons (Fsp3) is 0.474. The number of aromatic nitrogens is 2. The highest BCUT2D eigenvalue weighted by Gasteiger charge is 2.32. The highest BCUT2D eigenvalue weighted by molar-refractivity contribution is 6.04. The zero-order valence-electron chi connectivity index (χ0n) is 27.9. The number of nitrogens with zero attached hydrogens (tertiary/aromatic N) is 2. The number of rotatable bonds is 17. The summed E-state index contributed by atoms with van der Waals surface area (Å²) in [7, 11) is 0. The summed E-state index contributed by atoms with van der Waals surface area (Å²) in [5.41, 5.74) is 5.65. The third kappa shape index (κ3) is 11.0. The van der Waals surface area contributed by atoms with Crippen molar-refractivity contribution in [2.75, 3.05) is 6.54 Å². The summed E-state index contributed by atoms with van der Waals surface area (Å²) in [5.74, 6) is -0.469. The number of nitrogens with one attached hydrogen (secondary N) is 2. The normalized spacial score (nSPS) is 14.7. The first kappa shape index (κ1) is 34.7. The Bertz CT molecular complexity index is 1450. The monoisotopic (exact) mass is 626 g/mol. The average molecular weight is 627 g/mol. The molecule has 46 heavy (non-hydrogen) atoms. The molecule has 1 aromatic heterocycles. The summed E-state index contributed by atoms with van der Waals surface area (Å²) in [6.07, 6.45) is 17.6. The second kappa shape index (κ2) is 17.5. The maximum Gasteiger partial charge on any atom is 0.351 e. The zero-order valence-corrected chi connectivity index (χ0v) is 27.9. The minimum absolute atomic E-state index is 0.0604. The van der Waals surface area contributed by atoms with Crippen molar-refractivity contribution >= 4 is 23.7 Å². The lowest BCUT2D eigenvalue weighted by molar-refractivity contribution is -0.166. The predicted octanol–water partition coefficient (Wildman–Crippen LogP) is 8.63. The van der Waals surface area contributed by atoms with Crippen molar-refractivity contribution in [3.8, 4) is 22.5 Å². The number of aromatic amines is 1. The van der Waals surface area contributed by atoms with Crippen LogP contribution in [-0.4, -0.2) is 45.8 Å². The van der Waals surface area contributed by atoms with E-state index in [0.717, 1.165) is 46.6 Å². The van der Waals surface area contributed by atoms with Gasteiger partial charge in [-0.2, -0.15) is 0 Å². The van der Waals surface area contributed by atoms with Crippen LogP contribution in [-0.2, 0) is 19.2 Å². The van der Waals surface area contributed by atoms with E-state index in [-0.39, 0.29) is 5.91 Å². The van der Waals surface area contributed by atoms with Crippen LogP contribution in [0.15, 0.2) is 66.1 Å². The first-order chi connectivity index (χ1) is 22.2. The van der Waals surface area contributed by atoms with Gasteiger partial charge in [-0.1, -0.05) is 118 Å². The lowest BCUT2D eigenvalue weighted by Crippen LogP contribution is -2.32. The van der Waals surface area contributed by atoms with E-state index >= 15 is 0 Å². The van der Waals surface area contributed by atoms with Gasteiger partial charge in [0.15, 0.2) is 0 Å². The quantitative estimate of drug-likeness (QED) is 0.0886. The van der Waals surface area contributed by atoms with Crippen molar-refractivity contribution in [3.63, 3.8) is 0 Å². The van der Waals surface area contributed by atoms with Gasteiger partial charge in [-0.25, -0.2) is 9.78 Å². The topological polar surface area (TPSA) is 106 Å². The number of hydrogen-bond donors (Lipinski definition) is 2. The van der Waals surface area contributed by atoms with Gasteiger partial charge in [0.05, 0.1) is 23.4 Å². The van der Waals surface area contributed by atoms with E-state index in [9.17, 15) is 9.59 Å². The van der Waals surface area contributed by atoms with Crippen LogP contribution in [0.3, 0.4) is 0 Å². The number of carbonyl (C=O) groups excluding carboxylic acids is 2. The minimum atomic E-state index is -0.728. The highest BCUT2D eigenvalue weighted by Crippen LogP contribution is 2.30. The van der Waals surface area contributed by atoms with Crippen molar-refractivity contribution in [2.45, 2.75) is 110 Å². The molecule has 1 amide bonds. The number of esters is 1. The van der Waals surface area contributed by atoms with Crippen molar-refractivity contribution in [1.82, 2.24) is 15.3 Å². The van der Waals surface area contributed by atoms with Gasteiger partial charge in [0.2, 0.25) is 12.0 Å². The van der Waals surface area contributed by atoms with Crippen LogP contribution < -0.4 is 5.32 Å². The molecule has 8 heteroatoms. The fourth-order valence-electron chi connectivity index (χ4n) is 5.41. The molecule has 246 valence electrons. The Balaban J connectivity index is 1.22. The largest absolute Gasteiger partial charge is 0.457 e. The van der Waals surface area contributed by atoms with Crippen LogP contribution in [0.2, 0.25) is 0 Å². The van der Waals surface area contributed by atoms with Gasteiger partial charge in [-0.15, -0.1) is 0 Å². The SMILES string of the molecule is CCCCCCCCCCCCNC(=O)C=Cc1ccc(-c2[nH]cnc2-c2ccc(C3=NOC(C(=O)OC(C)(C)C)C3)cc2)cc1. The molecule has 1 unspecified atom stereocenters. The van der Waals surface area contributed by atoms with Gasteiger partial charge < -0.3 is 19.9 Å². The minimum Gasteiger partial charge on any atom is -0.457 e. The molecule has 2 N–H and O–H groups in total. The number of ether oxygens (including phenoxy) is 1. The molecule has 8 nitrogen and oxygen atoms in total. The average Bonchev–Trinajstić information content (AvgIpc) is 3.73. The van der Waals surface area contributed by atoms with Gasteiger partial charge in [-0.05, 0) is 44.4 Å². The van der Waals surface area contributed by atoms with E-state index < -0.39 is 17.7 Å². The molecule has 0 spiro atoms. The molecule has 0 saturated heterocycles. The van der Waals surface area contributed by atoms with Crippen LogP contribution in [0, 0.1) is 0 Å². The summed E-state index contributed by atoms with van der Waals surface area (Å²) in [4.78, 5) is 37.9. The maximum absolute atomic E-state index is 12.4. The zero-order chi connectivity index (χ0) is 32.8. The summed E-state index contributed by atoms with van der Waals surface area (Å²) < 4.78 is 5.43. The van der Waals surface area contributed by atoms with Gasteiger partial charge >= 0.3 is 5.97 Å². The van der Waals surface area contributed by atoms with Crippen LogP contribution in [0.4, 0.5) is 0 Å². The van der Waals surface area contributed by atoms with Crippen molar-refractivity contribution in [3.05, 3.63) is 72.1 Å². The van der Waals surface area contributed by atoms with E-state index in [0.29, 0.717) is 12.1 Å². The molecule has 4 rings (SSSR count). The van der Waals surface area contributed by atoms with Gasteiger partial charge in [0.1, 0.15) is 5.60 Å². The van der Waals surface area contributed by atoms with E-state index in [1.54, 1.807) is 12.4 Å². The number of benzene rings is 2. The maximum atomic E-state index is 12.4. The van der Waals surface area contributed by atoms with Crippen molar-refractivity contribution in [1.29, 1.82) is 0 Å². The first-order valence-electron chi connectivity index (χ1n) is 16.9. The number of oxime groups is 1. The second-order valence-corrected chi connectivity index (χ2v) is 13.0. The van der Waals surface area contributed by atoms with Crippen LogP contribution in [0.5, 0.6) is 0 Å². The van der Waals surface area contributed by atoms with Crippen LogP contribution in [0.1, 0.15) is 109 Å². The molecule has 1 aliphatic rings. The Labute approximate surface area is 274 Å². The van der Waals surface area contributed by atoms with Crippen LogP contribution in [0.25, 0.3) is 28.6 Å². The third-order valence-electron chi connectivity index (χ3n) is 7.93. The number of amides is 1. The van der Waals surface area contributed by atoms with Crippen molar-refractivity contribution < 1.29 is 19.2 Å². The number of imidazole rings is 1. The molecule has 0 bridgehead atoms.